The summed E-state index contributed by atoms with van der Waals surface area (Å²) in [7, 11) is 0. The molecule has 0 bridgehead atoms. The van der Waals surface area contributed by atoms with Gasteiger partial charge in [0.05, 0.1) is 12.0 Å². The molecule has 0 saturated heterocycles. The van der Waals surface area contributed by atoms with Gasteiger partial charge in [-0.05, 0) is 31.6 Å². The Kier molecular flexibility index (Phi) is 3.80. The molecule has 15 heavy (non-hydrogen) atoms. The van der Waals surface area contributed by atoms with E-state index in [2.05, 4.69) is 20.8 Å². The molecule has 0 spiro atoms. The molecule has 2 heteroatoms. The van der Waals surface area contributed by atoms with Gasteiger partial charge in [-0.3, -0.25) is 4.79 Å². The number of ether oxygens (including phenoxy) is 1. The molecule has 0 aromatic rings. The van der Waals surface area contributed by atoms with E-state index in [9.17, 15) is 4.79 Å². The first-order valence-corrected chi connectivity index (χ1v) is 6.11. The third-order valence-electron chi connectivity index (χ3n) is 4.11. The minimum absolute atomic E-state index is 0.00838. The van der Waals surface area contributed by atoms with Crippen LogP contribution in [0.1, 0.15) is 59.8 Å². The van der Waals surface area contributed by atoms with Crippen LogP contribution in [-0.2, 0) is 9.53 Å². The molecule has 0 N–H and O–H groups in total. The Morgan fingerprint density at radius 2 is 1.80 bits per heavy atom. The SMILES string of the molecule is CCCOC(=O)[C@]1(C)CCCCC1(C)C. The van der Waals surface area contributed by atoms with Crippen LogP contribution < -0.4 is 0 Å². The van der Waals surface area contributed by atoms with Gasteiger partial charge in [-0.25, -0.2) is 0 Å². The maximum atomic E-state index is 12.1. The number of carbonyl (C=O) groups excluding carboxylic acids is 1. The van der Waals surface area contributed by atoms with E-state index < -0.39 is 0 Å². The van der Waals surface area contributed by atoms with Crippen molar-refractivity contribution in [2.24, 2.45) is 10.8 Å². The highest BCUT2D eigenvalue weighted by atomic mass is 16.5. The predicted octanol–water partition coefficient (Wildman–Crippen LogP) is 3.55. The monoisotopic (exact) mass is 212 g/mol. The van der Waals surface area contributed by atoms with Gasteiger partial charge in [0.15, 0.2) is 0 Å². The van der Waals surface area contributed by atoms with Gasteiger partial charge in [-0.15, -0.1) is 0 Å². The van der Waals surface area contributed by atoms with Gasteiger partial charge in [0.1, 0.15) is 0 Å². The first-order valence-electron chi connectivity index (χ1n) is 6.11. The van der Waals surface area contributed by atoms with Crippen LogP contribution in [0.25, 0.3) is 0 Å². The Bertz CT molecular complexity index is 233. The maximum absolute atomic E-state index is 12.1. The lowest BCUT2D eigenvalue weighted by atomic mass is 9.59. The van der Waals surface area contributed by atoms with Crippen molar-refractivity contribution in [3.05, 3.63) is 0 Å². The Balaban J connectivity index is 2.73. The van der Waals surface area contributed by atoms with Crippen molar-refractivity contribution >= 4 is 5.97 Å². The number of esters is 1. The third-order valence-corrected chi connectivity index (χ3v) is 4.11. The fraction of sp³-hybridized carbons (Fsp3) is 0.923. The van der Waals surface area contributed by atoms with Crippen LogP contribution in [0.2, 0.25) is 0 Å². The summed E-state index contributed by atoms with van der Waals surface area (Å²) in [6.45, 7) is 9.05. The lowest BCUT2D eigenvalue weighted by Gasteiger charge is -2.45. The molecular formula is C13H24O2. The fourth-order valence-electron chi connectivity index (χ4n) is 2.39. The summed E-state index contributed by atoms with van der Waals surface area (Å²) in [6, 6.07) is 0. The van der Waals surface area contributed by atoms with Crippen LogP contribution in [0, 0.1) is 10.8 Å². The minimum Gasteiger partial charge on any atom is -0.465 e. The largest absolute Gasteiger partial charge is 0.465 e. The van der Waals surface area contributed by atoms with E-state index in [-0.39, 0.29) is 16.8 Å². The van der Waals surface area contributed by atoms with Gasteiger partial charge >= 0.3 is 5.97 Å². The highest BCUT2D eigenvalue weighted by molar-refractivity contribution is 5.77. The van der Waals surface area contributed by atoms with Crippen LogP contribution in [0.3, 0.4) is 0 Å². The third kappa shape index (κ3) is 2.35. The molecule has 1 fully saturated rings. The molecule has 1 rings (SSSR count). The van der Waals surface area contributed by atoms with Crippen molar-refractivity contribution in [3.8, 4) is 0 Å². The number of hydrogen-bond acceptors (Lipinski definition) is 2. The van der Waals surface area contributed by atoms with Gasteiger partial charge in [0, 0.05) is 0 Å². The normalized spacial score (nSPS) is 29.9. The molecule has 0 aromatic carbocycles. The highest BCUT2D eigenvalue weighted by Gasteiger charge is 2.49. The van der Waals surface area contributed by atoms with Gasteiger partial charge in [-0.2, -0.15) is 0 Å². The van der Waals surface area contributed by atoms with E-state index in [0.717, 1.165) is 25.7 Å². The lowest BCUT2D eigenvalue weighted by molar-refractivity contribution is -0.166. The van der Waals surface area contributed by atoms with Crippen molar-refractivity contribution in [2.75, 3.05) is 6.61 Å². The molecule has 0 heterocycles. The quantitative estimate of drug-likeness (QED) is 0.669. The second-order valence-electron chi connectivity index (χ2n) is 5.56. The van der Waals surface area contributed by atoms with Crippen molar-refractivity contribution in [3.63, 3.8) is 0 Å². The molecule has 0 radical (unpaired) electrons. The molecule has 1 atom stereocenters. The minimum atomic E-state index is -0.277. The number of rotatable bonds is 3. The number of carbonyl (C=O) groups is 1. The zero-order valence-electron chi connectivity index (χ0n) is 10.6. The van der Waals surface area contributed by atoms with Crippen LogP contribution in [0.5, 0.6) is 0 Å². The fourth-order valence-corrected chi connectivity index (χ4v) is 2.39. The van der Waals surface area contributed by atoms with Crippen molar-refractivity contribution in [2.45, 2.75) is 59.8 Å². The Morgan fingerprint density at radius 1 is 1.20 bits per heavy atom. The summed E-state index contributed by atoms with van der Waals surface area (Å²) in [6.07, 6.45) is 5.40. The van der Waals surface area contributed by atoms with E-state index in [1.807, 2.05) is 6.92 Å². The van der Waals surface area contributed by atoms with Crippen molar-refractivity contribution < 1.29 is 9.53 Å². The molecule has 88 valence electrons. The first-order chi connectivity index (χ1) is 6.94. The summed E-state index contributed by atoms with van der Waals surface area (Å²) in [5, 5.41) is 0. The van der Waals surface area contributed by atoms with Gasteiger partial charge in [-0.1, -0.05) is 33.6 Å². The molecule has 1 aliphatic rings. The molecule has 0 amide bonds. The molecule has 0 aromatic heterocycles. The van der Waals surface area contributed by atoms with Crippen LogP contribution in [0.4, 0.5) is 0 Å². The van der Waals surface area contributed by atoms with Crippen molar-refractivity contribution in [1.82, 2.24) is 0 Å². The van der Waals surface area contributed by atoms with Crippen molar-refractivity contribution in [1.29, 1.82) is 0 Å². The molecule has 0 aliphatic heterocycles. The number of hydrogen-bond donors (Lipinski definition) is 0. The Labute approximate surface area is 93.4 Å². The van der Waals surface area contributed by atoms with E-state index in [1.54, 1.807) is 0 Å². The van der Waals surface area contributed by atoms with E-state index >= 15 is 0 Å². The highest BCUT2D eigenvalue weighted by Crippen LogP contribution is 2.50. The van der Waals surface area contributed by atoms with Crippen LogP contribution in [-0.4, -0.2) is 12.6 Å². The van der Waals surface area contributed by atoms with Crippen LogP contribution in [0.15, 0.2) is 0 Å². The second-order valence-corrected chi connectivity index (χ2v) is 5.56. The van der Waals surface area contributed by atoms with E-state index in [4.69, 9.17) is 4.74 Å². The molecular weight excluding hydrogens is 188 g/mol. The maximum Gasteiger partial charge on any atom is 0.312 e. The standard InChI is InChI=1S/C13H24O2/c1-5-10-15-11(14)13(4)9-7-6-8-12(13,2)3/h5-10H2,1-4H3/t13-/m0/s1. The van der Waals surface area contributed by atoms with E-state index in [0.29, 0.717) is 6.61 Å². The van der Waals surface area contributed by atoms with Gasteiger partial charge in [0.2, 0.25) is 0 Å². The molecule has 1 aliphatic carbocycles. The van der Waals surface area contributed by atoms with Crippen LogP contribution >= 0.6 is 0 Å². The predicted molar refractivity (Wildman–Crippen MR) is 61.6 cm³/mol. The summed E-state index contributed by atoms with van der Waals surface area (Å²) in [4.78, 5) is 12.1. The Hall–Kier alpha value is -0.530. The Morgan fingerprint density at radius 3 is 2.33 bits per heavy atom. The first kappa shape index (κ1) is 12.5. The smallest absolute Gasteiger partial charge is 0.312 e. The van der Waals surface area contributed by atoms with E-state index in [1.165, 1.54) is 6.42 Å². The molecule has 1 saturated carbocycles. The summed E-state index contributed by atoms with van der Waals surface area (Å²) >= 11 is 0. The second kappa shape index (κ2) is 4.54. The summed E-state index contributed by atoms with van der Waals surface area (Å²) in [5.41, 5.74) is -0.198. The molecule has 0 unspecified atom stereocenters. The zero-order chi connectivity index (χ0) is 11.5. The van der Waals surface area contributed by atoms with Gasteiger partial charge < -0.3 is 4.74 Å². The average molecular weight is 212 g/mol. The summed E-state index contributed by atoms with van der Waals surface area (Å²) < 4.78 is 5.33. The summed E-state index contributed by atoms with van der Waals surface area (Å²) in [5.74, 6) is 0.00838. The lowest BCUT2D eigenvalue weighted by Crippen LogP contribution is -2.45. The zero-order valence-corrected chi connectivity index (χ0v) is 10.6. The average Bonchev–Trinajstić information content (AvgIpc) is 2.18. The molecule has 2 nitrogen and oxygen atoms in total. The topological polar surface area (TPSA) is 26.3 Å². The van der Waals surface area contributed by atoms with Gasteiger partial charge in [0.25, 0.3) is 0 Å².